The highest BCUT2D eigenvalue weighted by atomic mass is 16.5. The molecule has 1 aliphatic heterocycles. The lowest BCUT2D eigenvalue weighted by Gasteiger charge is -2.27. The fraction of sp³-hybridized carbons (Fsp3) is 0.556. The van der Waals surface area contributed by atoms with E-state index in [2.05, 4.69) is 10.2 Å². The van der Waals surface area contributed by atoms with Crippen molar-refractivity contribution in [3.8, 4) is 5.75 Å². The van der Waals surface area contributed by atoms with E-state index >= 15 is 0 Å². The van der Waals surface area contributed by atoms with Crippen LogP contribution in [0.2, 0.25) is 0 Å². The number of carbonyl (C=O) groups is 2. The van der Waals surface area contributed by atoms with Gasteiger partial charge in [-0.3, -0.25) is 14.5 Å². The van der Waals surface area contributed by atoms with E-state index in [4.69, 9.17) is 4.74 Å². The molecule has 1 heterocycles. The molecule has 24 heavy (non-hydrogen) atoms. The summed E-state index contributed by atoms with van der Waals surface area (Å²) in [5.74, 6) is 0.875. The Balaban J connectivity index is 1.88. The molecule has 0 radical (unpaired) electrons. The summed E-state index contributed by atoms with van der Waals surface area (Å²) in [5.41, 5.74) is 0.958. The lowest BCUT2D eigenvalue weighted by Crippen LogP contribution is -2.46. The van der Waals surface area contributed by atoms with Crippen LogP contribution in [0.4, 0.5) is 0 Å². The predicted molar refractivity (Wildman–Crippen MR) is 92.7 cm³/mol. The van der Waals surface area contributed by atoms with Gasteiger partial charge in [-0.1, -0.05) is 18.2 Å². The minimum atomic E-state index is -0.216. The topological polar surface area (TPSA) is 61.9 Å². The SMILES string of the molecule is COc1ccccc1CNC(=O)[C@@H](C)N1CCCN(C(C)=O)CC1. The van der Waals surface area contributed by atoms with E-state index in [0.29, 0.717) is 13.1 Å². The fourth-order valence-electron chi connectivity index (χ4n) is 2.98. The molecule has 1 aromatic rings. The minimum Gasteiger partial charge on any atom is -0.496 e. The molecular weight excluding hydrogens is 306 g/mol. The number of hydrogen-bond donors (Lipinski definition) is 1. The molecule has 1 fully saturated rings. The number of para-hydroxylation sites is 1. The summed E-state index contributed by atoms with van der Waals surface area (Å²) in [6.45, 7) is 6.96. The average molecular weight is 333 g/mol. The van der Waals surface area contributed by atoms with Crippen LogP contribution in [0.5, 0.6) is 5.75 Å². The molecule has 1 atom stereocenters. The fourth-order valence-corrected chi connectivity index (χ4v) is 2.98. The highest BCUT2D eigenvalue weighted by Crippen LogP contribution is 2.17. The summed E-state index contributed by atoms with van der Waals surface area (Å²) >= 11 is 0. The molecule has 0 spiro atoms. The van der Waals surface area contributed by atoms with Crippen LogP contribution in [0.1, 0.15) is 25.8 Å². The Kier molecular flexibility index (Phi) is 6.61. The molecule has 1 aliphatic rings. The second-order valence-corrected chi connectivity index (χ2v) is 6.10. The monoisotopic (exact) mass is 333 g/mol. The Morgan fingerprint density at radius 1 is 1.21 bits per heavy atom. The van der Waals surface area contributed by atoms with E-state index in [-0.39, 0.29) is 17.9 Å². The largest absolute Gasteiger partial charge is 0.496 e. The predicted octanol–water partition coefficient (Wildman–Crippen LogP) is 1.25. The Hall–Kier alpha value is -2.08. The molecular formula is C18H27N3O3. The van der Waals surface area contributed by atoms with Crippen LogP contribution in [0.25, 0.3) is 0 Å². The number of amides is 2. The van der Waals surface area contributed by atoms with E-state index in [1.54, 1.807) is 14.0 Å². The van der Waals surface area contributed by atoms with Crippen LogP contribution in [-0.2, 0) is 16.1 Å². The molecule has 1 N–H and O–H groups in total. The van der Waals surface area contributed by atoms with Crippen LogP contribution in [0.3, 0.4) is 0 Å². The molecule has 0 aromatic heterocycles. The van der Waals surface area contributed by atoms with Crippen LogP contribution in [0, 0.1) is 0 Å². The van der Waals surface area contributed by atoms with E-state index in [1.165, 1.54) is 0 Å². The zero-order valence-corrected chi connectivity index (χ0v) is 14.7. The van der Waals surface area contributed by atoms with Crippen molar-refractivity contribution >= 4 is 11.8 Å². The van der Waals surface area contributed by atoms with Crippen molar-refractivity contribution < 1.29 is 14.3 Å². The highest BCUT2D eigenvalue weighted by Gasteiger charge is 2.24. The van der Waals surface area contributed by atoms with Crippen LogP contribution in [0.15, 0.2) is 24.3 Å². The number of benzene rings is 1. The molecule has 2 rings (SSSR count). The first-order valence-corrected chi connectivity index (χ1v) is 8.42. The molecule has 6 nitrogen and oxygen atoms in total. The maximum atomic E-state index is 12.5. The molecule has 0 unspecified atom stereocenters. The van der Waals surface area contributed by atoms with Crippen molar-refractivity contribution in [1.29, 1.82) is 0 Å². The minimum absolute atomic E-state index is 0.00261. The molecule has 0 aliphatic carbocycles. The number of ether oxygens (including phenoxy) is 1. The molecule has 1 saturated heterocycles. The van der Waals surface area contributed by atoms with Gasteiger partial charge in [0.1, 0.15) is 5.75 Å². The number of nitrogens with zero attached hydrogens (tertiary/aromatic N) is 2. The van der Waals surface area contributed by atoms with E-state index in [1.807, 2.05) is 36.1 Å². The van der Waals surface area contributed by atoms with E-state index in [0.717, 1.165) is 37.4 Å². The Labute approximate surface area is 143 Å². The maximum absolute atomic E-state index is 12.5. The first kappa shape index (κ1) is 18.3. The number of nitrogens with one attached hydrogen (secondary N) is 1. The highest BCUT2D eigenvalue weighted by molar-refractivity contribution is 5.81. The van der Waals surface area contributed by atoms with Crippen molar-refractivity contribution in [2.24, 2.45) is 0 Å². The Morgan fingerprint density at radius 2 is 1.96 bits per heavy atom. The van der Waals surface area contributed by atoms with E-state index in [9.17, 15) is 9.59 Å². The van der Waals surface area contributed by atoms with Crippen molar-refractivity contribution in [2.45, 2.75) is 32.9 Å². The van der Waals surface area contributed by atoms with Crippen LogP contribution in [-0.4, -0.2) is 60.9 Å². The van der Waals surface area contributed by atoms with Gasteiger partial charge in [-0.2, -0.15) is 0 Å². The smallest absolute Gasteiger partial charge is 0.237 e. The standard InChI is InChI=1S/C18H27N3O3/c1-14(20-9-6-10-21(12-11-20)15(2)22)18(23)19-13-16-7-4-5-8-17(16)24-3/h4-5,7-8,14H,6,9-13H2,1-3H3,(H,19,23)/t14-/m1/s1. The first-order chi connectivity index (χ1) is 11.5. The van der Waals surface area contributed by atoms with Gasteiger partial charge >= 0.3 is 0 Å². The summed E-state index contributed by atoms with van der Waals surface area (Å²) in [5, 5.41) is 2.98. The molecule has 0 bridgehead atoms. The lowest BCUT2D eigenvalue weighted by atomic mass is 10.2. The summed E-state index contributed by atoms with van der Waals surface area (Å²) in [7, 11) is 1.63. The number of rotatable bonds is 5. The summed E-state index contributed by atoms with van der Waals surface area (Å²) in [4.78, 5) is 28.0. The number of hydrogen-bond acceptors (Lipinski definition) is 4. The molecule has 2 amide bonds. The van der Waals surface area contributed by atoms with Crippen molar-refractivity contribution in [3.63, 3.8) is 0 Å². The second-order valence-electron chi connectivity index (χ2n) is 6.10. The molecule has 6 heteroatoms. The van der Waals surface area contributed by atoms with Crippen molar-refractivity contribution in [2.75, 3.05) is 33.3 Å². The van der Waals surface area contributed by atoms with E-state index < -0.39 is 0 Å². The zero-order valence-electron chi connectivity index (χ0n) is 14.7. The van der Waals surface area contributed by atoms with Gasteiger partial charge < -0.3 is 15.0 Å². The van der Waals surface area contributed by atoms with Gasteiger partial charge in [0.05, 0.1) is 13.2 Å². The summed E-state index contributed by atoms with van der Waals surface area (Å²) < 4.78 is 5.31. The van der Waals surface area contributed by atoms with Crippen molar-refractivity contribution in [1.82, 2.24) is 15.1 Å². The van der Waals surface area contributed by atoms with Crippen molar-refractivity contribution in [3.05, 3.63) is 29.8 Å². The maximum Gasteiger partial charge on any atom is 0.237 e. The summed E-state index contributed by atoms with van der Waals surface area (Å²) in [6, 6.07) is 7.45. The van der Waals surface area contributed by atoms with Crippen LogP contribution >= 0.6 is 0 Å². The average Bonchev–Trinajstić information content (AvgIpc) is 2.85. The quantitative estimate of drug-likeness (QED) is 0.881. The Morgan fingerprint density at radius 3 is 2.67 bits per heavy atom. The van der Waals surface area contributed by atoms with Gasteiger partial charge in [-0.15, -0.1) is 0 Å². The third-order valence-corrected chi connectivity index (χ3v) is 4.55. The summed E-state index contributed by atoms with van der Waals surface area (Å²) in [6.07, 6.45) is 0.893. The number of carbonyl (C=O) groups excluding carboxylic acids is 2. The lowest BCUT2D eigenvalue weighted by molar-refractivity contribution is -0.128. The van der Waals surface area contributed by atoms with Gasteiger partial charge in [-0.05, 0) is 19.4 Å². The normalized spacial score (nSPS) is 17.0. The second kappa shape index (κ2) is 8.68. The zero-order chi connectivity index (χ0) is 17.5. The van der Waals surface area contributed by atoms with Gasteiger partial charge in [0.2, 0.25) is 11.8 Å². The third-order valence-electron chi connectivity index (χ3n) is 4.55. The Bertz CT molecular complexity index is 576. The van der Waals surface area contributed by atoms with Crippen LogP contribution < -0.4 is 10.1 Å². The van der Waals surface area contributed by atoms with Gasteiger partial charge in [0, 0.05) is 45.2 Å². The van der Waals surface area contributed by atoms with Gasteiger partial charge in [0.15, 0.2) is 0 Å². The first-order valence-electron chi connectivity index (χ1n) is 8.42. The molecule has 132 valence electrons. The number of methoxy groups -OCH3 is 1. The molecule has 1 aromatic carbocycles. The van der Waals surface area contributed by atoms with Gasteiger partial charge in [0.25, 0.3) is 0 Å². The third kappa shape index (κ3) is 4.71. The van der Waals surface area contributed by atoms with Gasteiger partial charge in [-0.25, -0.2) is 0 Å². The molecule has 0 saturated carbocycles.